The van der Waals surface area contributed by atoms with Gasteiger partial charge in [-0.1, -0.05) is 6.07 Å². The lowest BCUT2D eigenvalue weighted by molar-refractivity contribution is 0.0523. The molecule has 0 heterocycles. The van der Waals surface area contributed by atoms with Crippen molar-refractivity contribution in [3.8, 4) is 0 Å². The molecule has 2 N–H and O–H groups in total. The molecule has 1 rings (SSSR count). The van der Waals surface area contributed by atoms with Crippen molar-refractivity contribution in [2.45, 2.75) is 39.8 Å². The van der Waals surface area contributed by atoms with Crippen molar-refractivity contribution < 1.29 is 19.4 Å². The Kier molecular flexibility index (Phi) is 4.53. The number of hydrogen-bond donors (Lipinski definition) is 2. The summed E-state index contributed by atoms with van der Waals surface area (Å²) < 4.78 is 5.11. The number of rotatable bonds is 3. The molecule has 0 aliphatic rings. The Balaban J connectivity index is 2.70. The van der Waals surface area contributed by atoms with E-state index in [9.17, 15) is 9.59 Å². The fourth-order valence-corrected chi connectivity index (χ4v) is 1.48. The molecular formula is C14H19NO4. The molecule has 0 aliphatic heterocycles. The second kappa shape index (κ2) is 5.73. The van der Waals surface area contributed by atoms with Crippen molar-refractivity contribution in [1.82, 2.24) is 5.32 Å². The van der Waals surface area contributed by atoms with E-state index in [4.69, 9.17) is 9.84 Å². The van der Waals surface area contributed by atoms with Crippen LogP contribution in [-0.2, 0) is 11.3 Å². The summed E-state index contributed by atoms with van der Waals surface area (Å²) in [4.78, 5) is 22.4. The molecule has 0 aromatic heterocycles. The van der Waals surface area contributed by atoms with Crippen LogP contribution in [-0.4, -0.2) is 22.8 Å². The number of carbonyl (C=O) groups is 2. The summed E-state index contributed by atoms with van der Waals surface area (Å²) in [6, 6.07) is 4.80. The minimum absolute atomic E-state index is 0.201. The van der Waals surface area contributed by atoms with E-state index < -0.39 is 17.7 Å². The molecule has 1 aromatic rings. The normalized spacial score (nSPS) is 10.9. The number of aromatic carboxylic acids is 1. The fraction of sp³-hybridized carbons (Fsp3) is 0.429. The van der Waals surface area contributed by atoms with Gasteiger partial charge in [0, 0.05) is 6.54 Å². The summed E-state index contributed by atoms with van der Waals surface area (Å²) in [6.45, 7) is 7.44. The molecule has 0 aliphatic carbocycles. The van der Waals surface area contributed by atoms with E-state index in [0.29, 0.717) is 0 Å². The Bertz CT molecular complexity index is 489. The van der Waals surface area contributed by atoms with Crippen LogP contribution in [0.15, 0.2) is 18.2 Å². The van der Waals surface area contributed by atoms with Crippen molar-refractivity contribution in [2.75, 3.05) is 0 Å². The zero-order chi connectivity index (χ0) is 14.6. The topological polar surface area (TPSA) is 75.6 Å². The summed E-state index contributed by atoms with van der Waals surface area (Å²) in [5, 5.41) is 11.5. The van der Waals surface area contributed by atoms with E-state index in [0.717, 1.165) is 11.1 Å². The van der Waals surface area contributed by atoms with Crippen molar-refractivity contribution in [3.63, 3.8) is 0 Å². The molecule has 1 aromatic carbocycles. The highest BCUT2D eigenvalue weighted by molar-refractivity contribution is 5.87. The lowest BCUT2D eigenvalue weighted by atomic mass is 10.1. The van der Waals surface area contributed by atoms with Gasteiger partial charge in [-0.15, -0.1) is 0 Å². The number of carboxylic acids is 1. The number of amides is 1. The van der Waals surface area contributed by atoms with Crippen LogP contribution in [0.3, 0.4) is 0 Å². The van der Waals surface area contributed by atoms with Gasteiger partial charge < -0.3 is 15.2 Å². The smallest absolute Gasteiger partial charge is 0.407 e. The van der Waals surface area contributed by atoms with Gasteiger partial charge in [0.15, 0.2) is 0 Å². The Morgan fingerprint density at radius 3 is 2.47 bits per heavy atom. The molecule has 5 heteroatoms. The van der Waals surface area contributed by atoms with Gasteiger partial charge in [-0.25, -0.2) is 9.59 Å². The quantitative estimate of drug-likeness (QED) is 0.881. The molecule has 19 heavy (non-hydrogen) atoms. The van der Waals surface area contributed by atoms with Crippen molar-refractivity contribution >= 4 is 12.1 Å². The average molecular weight is 265 g/mol. The van der Waals surface area contributed by atoms with Crippen LogP contribution in [0.5, 0.6) is 0 Å². The second-order valence-corrected chi connectivity index (χ2v) is 5.30. The number of carbonyl (C=O) groups excluding carboxylic acids is 1. The zero-order valence-corrected chi connectivity index (χ0v) is 11.6. The average Bonchev–Trinajstić information content (AvgIpc) is 2.25. The molecule has 0 spiro atoms. The minimum atomic E-state index is -0.987. The van der Waals surface area contributed by atoms with E-state index in [1.807, 2.05) is 6.92 Å². The third-order valence-corrected chi connectivity index (χ3v) is 2.42. The first-order valence-electron chi connectivity index (χ1n) is 5.99. The van der Waals surface area contributed by atoms with Crippen molar-refractivity contribution in [3.05, 3.63) is 34.9 Å². The third-order valence-electron chi connectivity index (χ3n) is 2.42. The Morgan fingerprint density at radius 2 is 1.95 bits per heavy atom. The van der Waals surface area contributed by atoms with Crippen molar-refractivity contribution in [1.29, 1.82) is 0 Å². The van der Waals surface area contributed by atoms with Crippen LogP contribution in [0.4, 0.5) is 4.79 Å². The van der Waals surface area contributed by atoms with Gasteiger partial charge in [0.05, 0.1) is 5.56 Å². The number of benzene rings is 1. The zero-order valence-electron chi connectivity index (χ0n) is 11.6. The molecule has 0 fully saturated rings. The van der Waals surface area contributed by atoms with E-state index in [1.165, 1.54) is 6.07 Å². The lowest BCUT2D eigenvalue weighted by Gasteiger charge is -2.20. The molecule has 0 saturated heterocycles. The number of nitrogens with one attached hydrogen (secondary N) is 1. The van der Waals surface area contributed by atoms with Gasteiger partial charge in [-0.2, -0.15) is 0 Å². The van der Waals surface area contributed by atoms with Gasteiger partial charge in [0.2, 0.25) is 0 Å². The Hall–Kier alpha value is -2.04. The van der Waals surface area contributed by atoms with Crippen LogP contribution in [0.25, 0.3) is 0 Å². The van der Waals surface area contributed by atoms with Crippen LogP contribution in [0, 0.1) is 6.92 Å². The predicted octanol–water partition coefficient (Wildman–Crippen LogP) is 2.72. The fourth-order valence-electron chi connectivity index (χ4n) is 1.48. The van der Waals surface area contributed by atoms with E-state index in [2.05, 4.69) is 5.32 Å². The predicted molar refractivity (Wildman–Crippen MR) is 71.2 cm³/mol. The third kappa shape index (κ3) is 4.99. The minimum Gasteiger partial charge on any atom is -0.478 e. The van der Waals surface area contributed by atoms with E-state index in [-0.39, 0.29) is 12.1 Å². The first-order chi connectivity index (χ1) is 8.69. The molecule has 0 bridgehead atoms. The molecule has 0 unspecified atom stereocenters. The largest absolute Gasteiger partial charge is 0.478 e. The van der Waals surface area contributed by atoms with Gasteiger partial charge in [0.25, 0.3) is 0 Å². The molecule has 0 radical (unpaired) electrons. The summed E-state index contributed by atoms with van der Waals surface area (Å²) >= 11 is 0. The molecular weight excluding hydrogens is 246 g/mol. The number of aryl methyl sites for hydroxylation is 1. The number of carboxylic acid groups (broad SMARTS) is 1. The van der Waals surface area contributed by atoms with Gasteiger partial charge in [-0.05, 0) is 51.0 Å². The number of alkyl carbamates (subject to hydrolysis) is 1. The highest BCUT2D eigenvalue weighted by atomic mass is 16.6. The maximum Gasteiger partial charge on any atom is 0.407 e. The van der Waals surface area contributed by atoms with E-state index in [1.54, 1.807) is 32.9 Å². The molecule has 0 atom stereocenters. The second-order valence-electron chi connectivity index (χ2n) is 5.30. The van der Waals surface area contributed by atoms with Crippen LogP contribution in [0.1, 0.15) is 42.3 Å². The maximum atomic E-state index is 11.5. The summed E-state index contributed by atoms with van der Waals surface area (Å²) in [5.41, 5.74) is 1.32. The van der Waals surface area contributed by atoms with E-state index >= 15 is 0 Å². The summed E-state index contributed by atoms with van der Waals surface area (Å²) in [5.74, 6) is -0.987. The van der Waals surface area contributed by atoms with Gasteiger partial charge in [-0.3, -0.25) is 0 Å². The molecule has 1 amide bonds. The van der Waals surface area contributed by atoms with Gasteiger partial charge >= 0.3 is 12.1 Å². The van der Waals surface area contributed by atoms with Crippen LogP contribution < -0.4 is 5.32 Å². The standard InChI is InChI=1S/C14H19NO4/c1-9-5-6-10(12(16)17)7-11(9)8-15-13(18)19-14(2,3)4/h5-7H,8H2,1-4H3,(H,15,18)(H,16,17). The Morgan fingerprint density at radius 1 is 1.32 bits per heavy atom. The monoisotopic (exact) mass is 265 g/mol. The lowest BCUT2D eigenvalue weighted by Crippen LogP contribution is -2.32. The summed E-state index contributed by atoms with van der Waals surface area (Å²) in [7, 11) is 0. The maximum absolute atomic E-state index is 11.5. The van der Waals surface area contributed by atoms with Crippen LogP contribution >= 0.6 is 0 Å². The highest BCUT2D eigenvalue weighted by Crippen LogP contribution is 2.12. The Labute approximate surface area is 112 Å². The van der Waals surface area contributed by atoms with Gasteiger partial charge in [0.1, 0.15) is 5.60 Å². The molecule has 104 valence electrons. The number of hydrogen-bond acceptors (Lipinski definition) is 3. The summed E-state index contributed by atoms with van der Waals surface area (Å²) in [6.07, 6.45) is -0.521. The SMILES string of the molecule is Cc1ccc(C(=O)O)cc1CNC(=O)OC(C)(C)C. The highest BCUT2D eigenvalue weighted by Gasteiger charge is 2.16. The van der Waals surface area contributed by atoms with Crippen LogP contribution in [0.2, 0.25) is 0 Å². The first-order valence-corrected chi connectivity index (χ1v) is 5.99. The number of ether oxygens (including phenoxy) is 1. The van der Waals surface area contributed by atoms with Crippen molar-refractivity contribution in [2.24, 2.45) is 0 Å². The molecule has 0 saturated carbocycles. The first kappa shape index (κ1) is 15.0. The molecule has 5 nitrogen and oxygen atoms in total.